The normalized spacial score (nSPS) is 10.7. The molecule has 0 unspecified atom stereocenters. The van der Waals surface area contributed by atoms with Gasteiger partial charge in [-0.15, -0.1) is 0 Å². The van der Waals surface area contributed by atoms with Crippen LogP contribution in [-0.4, -0.2) is 13.0 Å². The van der Waals surface area contributed by atoms with E-state index in [0.717, 1.165) is 5.56 Å². The lowest BCUT2D eigenvalue weighted by molar-refractivity contribution is -0.112. The fraction of sp³-hybridized carbons (Fsp3) is 0.111. The molecule has 0 aliphatic rings. The molecule has 0 atom stereocenters. The molecule has 0 saturated carbocycles. The van der Waals surface area contributed by atoms with E-state index in [-0.39, 0.29) is 5.57 Å². The van der Waals surface area contributed by atoms with Crippen molar-refractivity contribution in [3.63, 3.8) is 0 Å². The summed E-state index contributed by atoms with van der Waals surface area (Å²) in [5.41, 5.74) is 1.69. The molecule has 0 heterocycles. The number of aryl methyl sites for hydroxylation is 1. The zero-order valence-corrected chi connectivity index (χ0v) is 13.3. The summed E-state index contributed by atoms with van der Waals surface area (Å²) in [7, 11) is 1.49. The van der Waals surface area contributed by atoms with Crippen LogP contribution < -0.4 is 15.4 Å². The lowest BCUT2D eigenvalue weighted by Crippen LogP contribution is -2.15. The van der Waals surface area contributed by atoms with Gasteiger partial charge >= 0.3 is 0 Å². The van der Waals surface area contributed by atoms with Crippen LogP contribution in [0.5, 0.6) is 5.75 Å². The summed E-state index contributed by atoms with van der Waals surface area (Å²) in [5, 5.41) is 14.5. The average molecular weight is 325 g/mol. The Balaban J connectivity index is 2.16. The van der Waals surface area contributed by atoms with Crippen molar-refractivity contribution < 1.29 is 13.9 Å². The topological polar surface area (TPSA) is 74.1 Å². The van der Waals surface area contributed by atoms with Gasteiger partial charge in [-0.2, -0.15) is 5.26 Å². The number of methoxy groups -OCH3 is 1. The molecule has 0 bridgehead atoms. The minimum atomic E-state index is -0.592. The highest BCUT2D eigenvalue weighted by Crippen LogP contribution is 2.25. The summed E-state index contributed by atoms with van der Waals surface area (Å²) < 4.78 is 18.3. The SMILES string of the molecule is COc1ccc(C)cc1NC(=O)/C(C#N)=C\Nc1cccc(F)c1. The van der Waals surface area contributed by atoms with Crippen molar-refractivity contribution in [2.75, 3.05) is 17.7 Å². The predicted octanol–water partition coefficient (Wildman–Crippen LogP) is 3.60. The van der Waals surface area contributed by atoms with Crippen molar-refractivity contribution in [1.82, 2.24) is 0 Å². The fourth-order valence-electron chi connectivity index (χ4n) is 1.99. The predicted molar refractivity (Wildman–Crippen MR) is 90.1 cm³/mol. The molecular weight excluding hydrogens is 309 g/mol. The number of nitrogens with zero attached hydrogens (tertiary/aromatic N) is 1. The maximum absolute atomic E-state index is 13.1. The van der Waals surface area contributed by atoms with Gasteiger partial charge in [0, 0.05) is 11.9 Å². The first-order valence-corrected chi connectivity index (χ1v) is 7.12. The van der Waals surface area contributed by atoms with Gasteiger partial charge in [-0.05, 0) is 42.8 Å². The van der Waals surface area contributed by atoms with Gasteiger partial charge in [0.05, 0.1) is 12.8 Å². The van der Waals surface area contributed by atoms with Crippen molar-refractivity contribution >= 4 is 17.3 Å². The Hall–Kier alpha value is -3.33. The van der Waals surface area contributed by atoms with Crippen molar-refractivity contribution in [3.05, 3.63) is 65.6 Å². The number of nitriles is 1. The second-order valence-corrected chi connectivity index (χ2v) is 4.98. The third-order valence-corrected chi connectivity index (χ3v) is 3.18. The third-order valence-electron chi connectivity index (χ3n) is 3.18. The summed E-state index contributed by atoms with van der Waals surface area (Å²) in [4.78, 5) is 12.2. The third kappa shape index (κ3) is 4.34. The molecule has 0 aromatic heterocycles. The minimum absolute atomic E-state index is 0.150. The highest BCUT2D eigenvalue weighted by atomic mass is 19.1. The molecule has 0 saturated heterocycles. The summed E-state index contributed by atoms with van der Waals surface area (Å²) in [6.07, 6.45) is 1.23. The van der Waals surface area contributed by atoms with Crippen LogP contribution in [0.3, 0.4) is 0 Å². The quantitative estimate of drug-likeness (QED) is 0.650. The summed E-state index contributed by atoms with van der Waals surface area (Å²) >= 11 is 0. The molecule has 2 rings (SSSR count). The summed E-state index contributed by atoms with van der Waals surface area (Å²) in [5.74, 6) is -0.518. The molecule has 0 radical (unpaired) electrons. The molecule has 5 nitrogen and oxygen atoms in total. The first-order chi connectivity index (χ1) is 11.5. The number of benzene rings is 2. The van der Waals surface area contributed by atoms with Crippen LogP contribution >= 0.6 is 0 Å². The highest BCUT2D eigenvalue weighted by molar-refractivity contribution is 6.07. The molecule has 24 heavy (non-hydrogen) atoms. The number of amides is 1. The van der Waals surface area contributed by atoms with Gasteiger partial charge in [0.2, 0.25) is 0 Å². The number of anilines is 2. The van der Waals surface area contributed by atoms with Crippen LogP contribution in [0.15, 0.2) is 54.2 Å². The van der Waals surface area contributed by atoms with Crippen LogP contribution in [0.1, 0.15) is 5.56 Å². The summed E-state index contributed by atoms with van der Waals surface area (Å²) in [6.45, 7) is 1.88. The van der Waals surface area contributed by atoms with Crippen molar-refractivity contribution in [2.45, 2.75) is 6.92 Å². The zero-order valence-electron chi connectivity index (χ0n) is 13.3. The molecule has 0 fully saturated rings. The van der Waals surface area contributed by atoms with E-state index in [0.29, 0.717) is 17.1 Å². The molecule has 6 heteroatoms. The second kappa shape index (κ2) is 7.79. The molecule has 2 aromatic rings. The number of hydrogen-bond donors (Lipinski definition) is 2. The highest BCUT2D eigenvalue weighted by Gasteiger charge is 2.12. The molecule has 2 aromatic carbocycles. The van der Waals surface area contributed by atoms with Gasteiger partial charge in [0.25, 0.3) is 5.91 Å². The Kier molecular flexibility index (Phi) is 5.53. The second-order valence-electron chi connectivity index (χ2n) is 4.98. The van der Waals surface area contributed by atoms with Gasteiger partial charge in [-0.3, -0.25) is 4.79 Å². The summed E-state index contributed by atoms with van der Waals surface area (Å²) in [6, 6.07) is 12.8. The molecule has 0 spiro atoms. The lowest BCUT2D eigenvalue weighted by atomic mass is 10.2. The van der Waals surface area contributed by atoms with E-state index >= 15 is 0 Å². The molecule has 0 aliphatic carbocycles. The first-order valence-electron chi connectivity index (χ1n) is 7.12. The number of rotatable bonds is 5. The first kappa shape index (κ1) is 17.0. The number of halogens is 1. The number of ether oxygens (including phenoxy) is 1. The maximum atomic E-state index is 13.1. The maximum Gasteiger partial charge on any atom is 0.267 e. The standard InChI is InChI=1S/C18H16FN3O2/c1-12-6-7-17(24-2)16(8-12)22-18(23)13(10-20)11-21-15-5-3-4-14(19)9-15/h3-9,11,21H,1-2H3,(H,22,23)/b13-11-. The van der Waals surface area contributed by atoms with Crippen LogP contribution in [0.4, 0.5) is 15.8 Å². The van der Waals surface area contributed by atoms with Crippen LogP contribution in [0.2, 0.25) is 0 Å². The number of nitrogens with one attached hydrogen (secondary N) is 2. The number of hydrogen-bond acceptors (Lipinski definition) is 4. The molecule has 1 amide bonds. The van der Waals surface area contributed by atoms with E-state index in [1.165, 1.54) is 31.5 Å². The van der Waals surface area contributed by atoms with E-state index < -0.39 is 11.7 Å². The van der Waals surface area contributed by atoms with Crippen molar-refractivity contribution in [3.8, 4) is 11.8 Å². The molecule has 0 aliphatic heterocycles. The minimum Gasteiger partial charge on any atom is -0.495 e. The van der Waals surface area contributed by atoms with E-state index in [2.05, 4.69) is 10.6 Å². The zero-order chi connectivity index (χ0) is 17.5. The van der Waals surface area contributed by atoms with Gasteiger partial charge in [-0.1, -0.05) is 12.1 Å². The number of carbonyl (C=O) groups is 1. The van der Waals surface area contributed by atoms with Crippen molar-refractivity contribution in [1.29, 1.82) is 5.26 Å². The van der Waals surface area contributed by atoms with Gasteiger partial charge in [0.15, 0.2) is 0 Å². The average Bonchev–Trinajstić information content (AvgIpc) is 2.55. The molecule has 122 valence electrons. The van der Waals surface area contributed by atoms with E-state index in [1.54, 1.807) is 18.2 Å². The Morgan fingerprint density at radius 3 is 2.75 bits per heavy atom. The number of carbonyl (C=O) groups excluding carboxylic acids is 1. The Morgan fingerprint density at radius 2 is 2.08 bits per heavy atom. The van der Waals surface area contributed by atoms with Crippen molar-refractivity contribution in [2.24, 2.45) is 0 Å². The van der Waals surface area contributed by atoms with Crippen LogP contribution in [0, 0.1) is 24.1 Å². The lowest BCUT2D eigenvalue weighted by Gasteiger charge is -2.10. The molecular formula is C18H16FN3O2. The smallest absolute Gasteiger partial charge is 0.267 e. The van der Waals surface area contributed by atoms with E-state index in [1.807, 2.05) is 19.1 Å². The Labute approximate surface area is 139 Å². The Bertz CT molecular complexity index is 825. The van der Waals surface area contributed by atoms with E-state index in [9.17, 15) is 9.18 Å². The largest absolute Gasteiger partial charge is 0.495 e. The fourth-order valence-corrected chi connectivity index (χ4v) is 1.99. The van der Waals surface area contributed by atoms with Crippen LogP contribution in [-0.2, 0) is 4.79 Å². The monoisotopic (exact) mass is 325 g/mol. The van der Waals surface area contributed by atoms with Crippen LogP contribution in [0.25, 0.3) is 0 Å². The van der Waals surface area contributed by atoms with Gasteiger partial charge in [0.1, 0.15) is 23.2 Å². The van der Waals surface area contributed by atoms with Gasteiger partial charge < -0.3 is 15.4 Å². The molecule has 2 N–H and O–H groups in total. The van der Waals surface area contributed by atoms with Gasteiger partial charge in [-0.25, -0.2) is 4.39 Å². The van der Waals surface area contributed by atoms with E-state index in [4.69, 9.17) is 10.00 Å². The Morgan fingerprint density at radius 1 is 1.29 bits per heavy atom.